The molecule has 0 aliphatic carbocycles. The largest absolute Gasteiger partial charge is 0.365 e. The monoisotopic (exact) mass is 140 g/mol. The molecule has 0 fully saturated rings. The standard InChI is InChI=1S/C7H8O3/c1-2-6-5(8)3-4-7(9)10-6/h2-4,6-7,9H,1H2. The molecule has 0 spiro atoms. The molecule has 0 radical (unpaired) electrons. The van der Waals surface area contributed by atoms with Crippen molar-refractivity contribution < 1.29 is 14.6 Å². The number of hydrogen-bond donors (Lipinski definition) is 1. The lowest BCUT2D eigenvalue weighted by Crippen LogP contribution is -2.29. The molecule has 3 heteroatoms. The predicted molar refractivity (Wildman–Crippen MR) is 35.2 cm³/mol. The molecule has 0 aromatic rings. The molecule has 3 nitrogen and oxygen atoms in total. The second-order valence-electron chi connectivity index (χ2n) is 1.94. The summed E-state index contributed by atoms with van der Waals surface area (Å²) in [6.07, 6.45) is 2.29. The number of ether oxygens (including phenoxy) is 1. The van der Waals surface area contributed by atoms with Gasteiger partial charge >= 0.3 is 0 Å². The molecule has 0 saturated heterocycles. The fraction of sp³-hybridized carbons (Fsp3) is 0.286. The van der Waals surface area contributed by atoms with Crippen LogP contribution in [0.1, 0.15) is 0 Å². The molecule has 1 aliphatic heterocycles. The number of carbonyl (C=O) groups is 1. The number of aliphatic hydroxyl groups is 1. The first kappa shape index (κ1) is 7.18. The first-order valence-corrected chi connectivity index (χ1v) is 2.92. The molecule has 0 bridgehead atoms. The molecule has 0 amide bonds. The summed E-state index contributed by atoms with van der Waals surface area (Å²) in [7, 11) is 0. The van der Waals surface area contributed by atoms with E-state index in [1.807, 2.05) is 0 Å². The molecule has 10 heavy (non-hydrogen) atoms. The lowest BCUT2D eigenvalue weighted by molar-refractivity contribution is -0.141. The van der Waals surface area contributed by atoms with Crippen molar-refractivity contribution >= 4 is 5.78 Å². The summed E-state index contributed by atoms with van der Waals surface area (Å²) in [5, 5.41) is 8.82. The maximum absolute atomic E-state index is 10.8. The summed E-state index contributed by atoms with van der Waals surface area (Å²) in [5.74, 6) is -0.180. The van der Waals surface area contributed by atoms with Crippen LogP contribution >= 0.6 is 0 Å². The van der Waals surface area contributed by atoms with Crippen molar-refractivity contribution in [3.63, 3.8) is 0 Å². The van der Waals surface area contributed by atoms with Crippen molar-refractivity contribution in [2.24, 2.45) is 0 Å². The van der Waals surface area contributed by atoms with Gasteiger partial charge in [-0.2, -0.15) is 0 Å². The average Bonchev–Trinajstić information content (AvgIpc) is 1.94. The second kappa shape index (κ2) is 2.77. The van der Waals surface area contributed by atoms with E-state index in [0.29, 0.717) is 0 Å². The lowest BCUT2D eigenvalue weighted by atomic mass is 10.2. The van der Waals surface area contributed by atoms with Crippen molar-refractivity contribution in [3.05, 3.63) is 24.8 Å². The van der Waals surface area contributed by atoms with E-state index in [0.717, 1.165) is 0 Å². The minimum atomic E-state index is -0.972. The summed E-state index contributed by atoms with van der Waals surface area (Å²) in [6, 6.07) is 0. The molecule has 1 aliphatic rings. The van der Waals surface area contributed by atoms with Gasteiger partial charge < -0.3 is 9.84 Å². The molecule has 2 unspecified atom stereocenters. The van der Waals surface area contributed by atoms with Gasteiger partial charge in [0.2, 0.25) is 0 Å². The van der Waals surface area contributed by atoms with Crippen molar-refractivity contribution in [2.75, 3.05) is 0 Å². The van der Waals surface area contributed by atoms with Crippen LogP contribution in [0.3, 0.4) is 0 Å². The number of hydrogen-bond acceptors (Lipinski definition) is 3. The molecule has 1 rings (SSSR count). The summed E-state index contributed by atoms with van der Waals surface area (Å²) >= 11 is 0. The highest BCUT2D eigenvalue weighted by Crippen LogP contribution is 2.07. The van der Waals surface area contributed by atoms with Crippen molar-refractivity contribution in [2.45, 2.75) is 12.4 Å². The minimum absolute atomic E-state index is 0.180. The van der Waals surface area contributed by atoms with E-state index < -0.39 is 12.4 Å². The molecule has 54 valence electrons. The maximum atomic E-state index is 10.8. The Labute approximate surface area is 58.6 Å². The Morgan fingerprint density at radius 3 is 3.00 bits per heavy atom. The van der Waals surface area contributed by atoms with Crippen LogP contribution in [-0.2, 0) is 9.53 Å². The molecular formula is C7H8O3. The first-order valence-electron chi connectivity index (χ1n) is 2.92. The SMILES string of the molecule is C=CC1OC(O)C=CC1=O. The van der Waals surface area contributed by atoms with Crippen molar-refractivity contribution in [1.82, 2.24) is 0 Å². The summed E-state index contributed by atoms with van der Waals surface area (Å²) in [4.78, 5) is 10.8. The molecule has 0 saturated carbocycles. The number of rotatable bonds is 1. The molecular weight excluding hydrogens is 132 g/mol. The normalized spacial score (nSPS) is 32.3. The Morgan fingerprint density at radius 1 is 1.80 bits per heavy atom. The smallest absolute Gasteiger partial charge is 0.188 e. The van der Waals surface area contributed by atoms with E-state index in [1.165, 1.54) is 18.2 Å². The number of carbonyl (C=O) groups excluding carboxylic acids is 1. The zero-order valence-electron chi connectivity index (χ0n) is 5.36. The quantitative estimate of drug-likeness (QED) is 0.522. The zero-order valence-corrected chi connectivity index (χ0v) is 5.36. The van der Waals surface area contributed by atoms with Crippen LogP contribution in [0.2, 0.25) is 0 Å². The third-order valence-electron chi connectivity index (χ3n) is 1.21. The van der Waals surface area contributed by atoms with E-state index in [1.54, 1.807) is 0 Å². The topological polar surface area (TPSA) is 46.5 Å². The molecule has 1 heterocycles. The van der Waals surface area contributed by atoms with Crippen LogP contribution in [0.5, 0.6) is 0 Å². The number of ketones is 1. The molecule has 0 aromatic heterocycles. The highest BCUT2D eigenvalue weighted by Gasteiger charge is 2.19. The Balaban J connectivity index is 2.71. The average molecular weight is 140 g/mol. The van der Waals surface area contributed by atoms with Gasteiger partial charge in [0.25, 0.3) is 0 Å². The third-order valence-corrected chi connectivity index (χ3v) is 1.21. The van der Waals surface area contributed by atoms with Gasteiger partial charge in [-0.15, -0.1) is 6.58 Å². The van der Waals surface area contributed by atoms with Crippen LogP contribution in [0, 0.1) is 0 Å². The van der Waals surface area contributed by atoms with Crippen molar-refractivity contribution in [1.29, 1.82) is 0 Å². The van der Waals surface area contributed by atoms with Crippen LogP contribution in [-0.4, -0.2) is 23.3 Å². The van der Waals surface area contributed by atoms with Gasteiger partial charge in [-0.25, -0.2) is 0 Å². The second-order valence-corrected chi connectivity index (χ2v) is 1.94. The van der Waals surface area contributed by atoms with Gasteiger partial charge in [-0.3, -0.25) is 4.79 Å². The fourth-order valence-corrected chi connectivity index (χ4v) is 0.706. The maximum Gasteiger partial charge on any atom is 0.188 e. The highest BCUT2D eigenvalue weighted by atomic mass is 16.6. The van der Waals surface area contributed by atoms with Gasteiger partial charge in [0.05, 0.1) is 0 Å². The van der Waals surface area contributed by atoms with Crippen LogP contribution < -0.4 is 0 Å². The first-order chi connectivity index (χ1) is 4.74. The Bertz CT molecular complexity index is 183. The van der Waals surface area contributed by atoms with E-state index in [2.05, 4.69) is 6.58 Å². The van der Waals surface area contributed by atoms with Crippen molar-refractivity contribution in [3.8, 4) is 0 Å². The summed E-state index contributed by atoms with van der Waals surface area (Å²) in [6.45, 7) is 3.38. The van der Waals surface area contributed by atoms with Gasteiger partial charge in [-0.1, -0.05) is 6.08 Å². The zero-order chi connectivity index (χ0) is 7.56. The minimum Gasteiger partial charge on any atom is -0.365 e. The lowest BCUT2D eigenvalue weighted by Gasteiger charge is -2.17. The van der Waals surface area contributed by atoms with Gasteiger partial charge in [0.15, 0.2) is 12.1 Å². The Kier molecular flexibility index (Phi) is 1.99. The van der Waals surface area contributed by atoms with Gasteiger partial charge in [0.1, 0.15) is 6.10 Å². The summed E-state index contributed by atoms with van der Waals surface area (Å²) < 4.78 is 4.75. The predicted octanol–water partition coefficient (Wildman–Crippen LogP) is 0.0149. The van der Waals surface area contributed by atoms with E-state index in [-0.39, 0.29) is 5.78 Å². The summed E-state index contributed by atoms with van der Waals surface area (Å²) in [5.41, 5.74) is 0. The highest BCUT2D eigenvalue weighted by molar-refractivity contribution is 5.95. The van der Waals surface area contributed by atoms with Crippen LogP contribution in [0.4, 0.5) is 0 Å². The molecule has 1 N–H and O–H groups in total. The third kappa shape index (κ3) is 1.32. The van der Waals surface area contributed by atoms with E-state index in [4.69, 9.17) is 9.84 Å². The van der Waals surface area contributed by atoms with E-state index >= 15 is 0 Å². The Morgan fingerprint density at radius 2 is 2.50 bits per heavy atom. The molecule has 0 aromatic carbocycles. The van der Waals surface area contributed by atoms with Crippen LogP contribution in [0.25, 0.3) is 0 Å². The number of aliphatic hydroxyl groups excluding tert-OH is 1. The Hall–Kier alpha value is -0.930. The van der Waals surface area contributed by atoms with Crippen LogP contribution in [0.15, 0.2) is 24.8 Å². The van der Waals surface area contributed by atoms with E-state index in [9.17, 15) is 4.79 Å². The molecule has 2 atom stereocenters. The van der Waals surface area contributed by atoms with Gasteiger partial charge in [-0.05, 0) is 12.2 Å². The van der Waals surface area contributed by atoms with Gasteiger partial charge in [0, 0.05) is 0 Å². The fourth-order valence-electron chi connectivity index (χ4n) is 0.706.